The second-order valence-corrected chi connectivity index (χ2v) is 27.4. The number of carbonyl (C=O) groups excluding carboxylic acids is 2. The highest BCUT2D eigenvalue weighted by atomic mass is 127. The van der Waals surface area contributed by atoms with Gasteiger partial charge in [0.25, 0.3) is 0 Å². The monoisotopic (exact) mass is 1390 g/mol. The predicted octanol–water partition coefficient (Wildman–Crippen LogP) is 2.28. The highest BCUT2D eigenvalue weighted by Crippen LogP contribution is 2.48. The fourth-order valence-electron chi connectivity index (χ4n) is 10.7. The van der Waals surface area contributed by atoms with Gasteiger partial charge in [0, 0.05) is 55.3 Å². The lowest BCUT2D eigenvalue weighted by atomic mass is 9.75. The number of fused-ring (bicyclic) bond motifs is 2. The summed E-state index contributed by atoms with van der Waals surface area (Å²) in [5, 5.41) is 75.4. The quantitative estimate of drug-likeness (QED) is 0.0142. The number of halogens is 1. The van der Waals surface area contributed by atoms with Crippen LogP contribution in [-0.4, -0.2) is 229 Å². The number of ether oxygens (including phenoxy) is 12. The molecule has 25 nitrogen and oxygen atoms in total. The van der Waals surface area contributed by atoms with Crippen LogP contribution in [0.4, 0.5) is 4.79 Å². The van der Waals surface area contributed by atoms with E-state index in [2.05, 4.69) is 39.8 Å². The molecule has 1 aromatic rings. The average molecular weight is 1400 g/mol. The number of alkyl carbamates (subject to hydrolysis) is 1. The Bertz CT molecular complexity index is 2830. The first-order chi connectivity index (χ1) is 41.4. The van der Waals surface area contributed by atoms with Gasteiger partial charge in [-0.1, -0.05) is 58.3 Å². The van der Waals surface area contributed by atoms with E-state index in [9.17, 15) is 40.2 Å². The van der Waals surface area contributed by atoms with E-state index >= 15 is 0 Å². The topological polar surface area (TPSA) is 338 Å². The Hall–Kier alpha value is -3.17. The summed E-state index contributed by atoms with van der Waals surface area (Å²) in [6.45, 7) is 13.9. The summed E-state index contributed by atoms with van der Waals surface area (Å²) < 4.78 is 72.7. The molecule has 87 heavy (non-hydrogen) atoms. The van der Waals surface area contributed by atoms with Crippen molar-refractivity contribution in [2.75, 3.05) is 61.0 Å². The zero-order chi connectivity index (χ0) is 63.7. The first-order valence-electron chi connectivity index (χ1n) is 28.3. The molecule has 0 spiro atoms. The Kier molecular flexibility index (Phi) is 26.1. The Morgan fingerprint density at radius 3 is 2.29 bits per heavy atom. The molecule has 0 aromatic heterocycles. The lowest BCUT2D eigenvalue weighted by Crippen LogP contribution is -2.65. The maximum atomic E-state index is 14.2. The van der Waals surface area contributed by atoms with E-state index in [1.807, 2.05) is 43.4 Å². The van der Waals surface area contributed by atoms with Gasteiger partial charge in [-0.3, -0.25) is 14.9 Å². The van der Waals surface area contributed by atoms with Gasteiger partial charge in [-0.2, -0.15) is 16.8 Å². The molecule has 4 aliphatic heterocycles. The van der Waals surface area contributed by atoms with Gasteiger partial charge in [0.1, 0.15) is 41.7 Å². The number of nitrogens with one attached hydrogen (secondary N) is 3. The lowest BCUT2D eigenvalue weighted by molar-refractivity contribution is -0.336. The fraction of sp³-hybridized carbons (Fsp3) is 0.672. The Morgan fingerprint density at radius 1 is 0.920 bits per heavy atom. The third kappa shape index (κ3) is 16.7. The fourth-order valence-corrected chi connectivity index (χ4v) is 14.9. The van der Waals surface area contributed by atoms with Crippen molar-refractivity contribution < 1.29 is 102 Å². The number of hydrogen-bond acceptors (Lipinski definition) is 25. The third-order valence-electron chi connectivity index (χ3n) is 15.5. The van der Waals surface area contributed by atoms with Gasteiger partial charge in [0.15, 0.2) is 41.8 Å². The molecule has 0 saturated carbocycles. The summed E-state index contributed by atoms with van der Waals surface area (Å²) in [5.41, 5.74) is 7.46. The number of rotatable bonds is 23. The van der Waals surface area contributed by atoms with Gasteiger partial charge < -0.3 is 98.5 Å². The number of likely N-dealkylation sites (N-methyl/N-ethyl adjacent to an activating group) is 1. The van der Waals surface area contributed by atoms with Crippen LogP contribution in [0.5, 0.6) is 17.2 Å². The summed E-state index contributed by atoms with van der Waals surface area (Å²) in [7, 11) is 9.83. The molecule has 4 heterocycles. The van der Waals surface area contributed by atoms with Crippen molar-refractivity contribution in [2.24, 2.45) is 5.73 Å². The van der Waals surface area contributed by atoms with E-state index in [-0.39, 0.29) is 98.2 Å². The molecular weight excluding hydrogens is 1310 g/mol. The number of allylic oxidation sites excluding steroid dienone is 3. The van der Waals surface area contributed by atoms with Crippen LogP contribution in [-0.2, 0) is 52.3 Å². The first-order valence-corrected chi connectivity index (χ1v) is 32.7. The summed E-state index contributed by atoms with van der Waals surface area (Å²) in [6.07, 6.45) is -13.7. The van der Waals surface area contributed by atoms with Crippen molar-refractivity contribution >= 4 is 72.5 Å². The summed E-state index contributed by atoms with van der Waals surface area (Å²) in [6, 6.07) is -1.27. The molecule has 1 aromatic carbocycles. The van der Waals surface area contributed by atoms with Crippen LogP contribution in [0.3, 0.4) is 0 Å². The number of hydroxylamine groups is 1. The molecule has 2 aliphatic carbocycles. The smallest absolute Gasteiger partial charge is 0.411 e. The van der Waals surface area contributed by atoms with Gasteiger partial charge in [-0.15, -0.1) is 0 Å². The second-order valence-electron chi connectivity index (χ2n) is 22.0. The van der Waals surface area contributed by atoms with Crippen LogP contribution in [0.2, 0.25) is 0 Å². The van der Waals surface area contributed by atoms with Crippen molar-refractivity contribution in [3.8, 4) is 40.9 Å². The first kappa shape index (κ1) is 71.3. The van der Waals surface area contributed by atoms with Gasteiger partial charge in [-0.25, -0.2) is 4.79 Å². The molecule has 0 radical (unpaired) electrons. The molecule has 2 bridgehead atoms. The number of aliphatic hydroxyl groups is 6. The number of benzene rings is 1. The average Bonchev–Trinajstić information content (AvgIpc) is 0.827. The van der Waals surface area contributed by atoms with E-state index in [1.165, 1.54) is 55.1 Å². The van der Waals surface area contributed by atoms with E-state index in [0.29, 0.717) is 22.2 Å². The van der Waals surface area contributed by atoms with E-state index in [0.717, 1.165) is 7.11 Å². The van der Waals surface area contributed by atoms with Crippen molar-refractivity contribution in [3.63, 3.8) is 0 Å². The van der Waals surface area contributed by atoms with Gasteiger partial charge >= 0.3 is 6.09 Å². The molecule has 0 unspecified atom stereocenters. The van der Waals surface area contributed by atoms with Crippen LogP contribution in [0.25, 0.3) is 0 Å². The summed E-state index contributed by atoms with van der Waals surface area (Å²) in [5.74, 6) is 11.5. The Morgan fingerprint density at radius 2 is 1.63 bits per heavy atom. The van der Waals surface area contributed by atoms with E-state index in [4.69, 9.17) is 67.4 Å². The standard InChI is InChI=1S/C58H83IN4O21S3/c1-13-61-32-25-77-37(23-36(32)72-8)82-50-45(67)42(28(3)79-55(50)81-35-18-16-14-15-17-20-58(71)24-34(65)43(62-56(70)76-12)40(35)31(58)19-21-85-87-57(6,7)26-60)63-84-38-22-33(64)52(30(5)78-38)86-53(69)39-27(2)41(59)48(51(75-11)47(39)73-9)83-54-46(68)49(74-10)44(66)29(4)80-54/h14-15,19,28-30,32-33,35-38,42,44-46,49-50,52,54-55,61,63-64,66-69,71,86H,13,21-26,60H2,1-12H3,(H,62,70)/b15-14?,31-19+/t28-,29+,30-,32+,33+,35+,36+,37+,38+,42-,44+,45+,46-,49-,50-,52-,54+,55+,58+/m1/s1. The third-order valence-corrected chi connectivity index (χ3v) is 21.5. The summed E-state index contributed by atoms with van der Waals surface area (Å²) in [4.78, 5) is 33.4. The Labute approximate surface area is 532 Å². The summed E-state index contributed by atoms with van der Waals surface area (Å²) >= 11 is 2.28. The van der Waals surface area contributed by atoms with Crippen molar-refractivity contribution in [2.45, 2.75) is 188 Å². The van der Waals surface area contributed by atoms with Crippen LogP contribution >= 0.6 is 55.5 Å². The molecule has 11 N–H and O–H groups in total. The highest BCUT2D eigenvalue weighted by Gasteiger charge is 2.52. The maximum absolute atomic E-state index is 14.2. The number of ketones is 1. The molecule has 19 atom stereocenters. The van der Waals surface area contributed by atoms with Crippen LogP contribution < -0.4 is 36.1 Å². The Balaban J connectivity index is 1.15. The minimum absolute atomic E-state index is 0.0300. The number of methoxy groups -OCH3 is 5. The second kappa shape index (κ2) is 31.9. The molecule has 7 rings (SSSR count). The number of carbonyl (C=O) groups is 2. The van der Waals surface area contributed by atoms with Gasteiger partial charge in [0.05, 0.1) is 97.0 Å². The van der Waals surface area contributed by atoms with E-state index < -0.39 is 121 Å². The largest absolute Gasteiger partial charge is 0.492 e. The molecule has 486 valence electrons. The number of nitrogens with two attached hydrogens (primary N) is 1. The molecule has 4 fully saturated rings. The van der Waals surface area contributed by atoms with E-state index in [1.54, 1.807) is 40.9 Å². The van der Waals surface area contributed by atoms with Crippen LogP contribution in [0.1, 0.15) is 71.9 Å². The number of aliphatic hydroxyl groups excluding tert-OH is 5. The van der Waals surface area contributed by atoms with Gasteiger partial charge in [-0.05, 0) is 88.4 Å². The van der Waals surface area contributed by atoms with Crippen LogP contribution in [0, 0.1) is 34.2 Å². The molecule has 29 heteroatoms. The van der Waals surface area contributed by atoms with Gasteiger partial charge in [0.2, 0.25) is 12.0 Å². The zero-order valence-corrected chi connectivity index (χ0v) is 55.3. The minimum Gasteiger partial charge on any atom is -0.492 e. The molecular formula is C58H83IN4O21S3. The zero-order valence-electron chi connectivity index (χ0n) is 50.6. The SMILES string of the molecule is CCN[C@H]1CO[C@@H](O[C@H]2[C@H](O[C@H]3C#CC=CC#C[C@]4(O)CC(=O)C(NC(=O)OC)=C3/C4=C\CSSC(C)(C)CN)O[C@H](C)[C@@H](NO[C@H]3C[C@H](O)[C@H]([SH]=C(O)c4c(C)c(I)c(O[C@@H]5O[C@@H](C)[C@H](O)[C@@H](OC)[C@H]5O)c(OC)c4OC)[C@@H](C)O3)[C@@H]2O)C[C@@H]1OC. The predicted molar refractivity (Wildman–Crippen MR) is 333 cm³/mol. The number of amides is 1. The molecule has 4 saturated heterocycles. The minimum atomic E-state index is -2.09. The maximum Gasteiger partial charge on any atom is 0.411 e. The lowest BCUT2D eigenvalue weighted by Gasteiger charge is -2.46. The van der Waals surface area contributed by atoms with Crippen LogP contribution in [0.15, 0.2) is 35.1 Å². The van der Waals surface area contributed by atoms with Crippen molar-refractivity contribution in [3.05, 3.63) is 49.8 Å². The molecule has 1 amide bonds. The van der Waals surface area contributed by atoms with Crippen molar-refractivity contribution in [1.29, 1.82) is 0 Å². The van der Waals surface area contributed by atoms with Crippen molar-refractivity contribution in [1.82, 2.24) is 16.1 Å². The molecule has 6 aliphatic rings. The number of Topliss-reactive ketones (excluding diaryl/α,β-unsaturated/α-hetero) is 1. The number of hydrogen-bond donors (Lipinski definition) is 11. The highest BCUT2D eigenvalue weighted by molar-refractivity contribution is 14.1. The number of thiol groups is 1. The normalized spacial score (nSPS) is 35.3.